The van der Waals surface area contributed by atoms with E-state index < -0.39 is 0 Å². The fraction of sp³-hybridized carbons (Fsp3) is 0.923. The second-order valence-corrected chi connectivity index (χ2v) is 5.30. The number of likely N-dealkylation sites (N-methyl/N-ethyl adjacent to an activating group) is 1. The number of halogens is 1. The van der Waals surface area contributed by atoms with Gasteiger partial charge in [-0.3, -0.25) is 4.79 Å². The SMILES string of the molecule is CN1CCCC(OC(=O)C2CCCCC2)C1.Cl. The van der Waals surface area contributed by atoms with Gasteiger partial charge in [0.25, 0.3) is 0 Å². The van der Waals surface area contributed by atoms with Crippen LogP contribution in [0, 0.1) is 5.92 Å². The van der Waals surface area contributed by atoms with Crippen LogP contribution in [0.2, 0.25) is 0 Å². The van der Waals surface area contributed by atoms with Crippen LogP contribution in [-0.2, 0) is 9.53 Å². The van der Waals surface area contributed by atoms with Crippen molar-refractivity contribution in [3.8, 4) is 0 Å². The third kappa shape index (κ3) is 4.47. The van der Waals surface area contributed by atoms with Crippen molar-refractivity contribution in [3.05, 3.63) is 0 Å². The number of ether oxygens (including phenoxy) is 1. The predicted molar refractivity (Wildman–Crippen MR) is 70.4 cm³/mol. The van der Waals surface area contributed by atoms with Crippen molar-refractivity contribution in [2.75, 3.05) is 20.1 Å². The van der Waals surface area contributed by atoms with Gasteiger partial charge in [-0.1, -0.05) is 19.3 Å². The van der Waals surface area contributed by atoms with Crippen LogP contribution in [0.5, 0.6) is 0 Å². The maximum atomic E-state index is 11.9. The van der Waals surface area contributed by atoms with Crippen molar-refractivity contribution in [2.24, 2.45) is 5.92 Å². The van der Waals surface area contributed by atoms with E-state index in [1.54, 1.807) is 0 Å². The van der Waals surface area contributed by atoms with Crippen molar-refractivity contribution in [1.29, 1.82) is 0 Å². The Labute approximate surface area is 110 Å². The first kappa shape index (κ1) is 14.8. The standard InChI is InChI=1S/C13H23NO2.ClH/c1-14-9-5-8-12(10-14)16-13(15)11-6-3-2-4-7-11;/h11-12H,2-10H2,1H3;1H. The summed E-state index contributed by atoms with van der Waals surface area (Å²) < 4.78 is 5.62. The molecule has 0 N–H and O–H groups in total. The number of hydrogen-bond acceptors (Lipinski definition) is 3. The fourth-order valence-corrected chi connectivity index (χ4v) is 2.81. The van der Waals surface area contributed by atoms with Crippen LogP contribution in [-0.4, -0.2) is 37.1 Å². The lowest BCUT2D eigenvalue weighted by atomic mass is 9.89. The van der Waals surface area contributed by atoms with Gasteiger partial charge in [0.1, 0.15) is 6.10 Å². The van der Waals surface area contributed by atoms with E-state index in [9.17, 15) is 4.79 Å². The van der Waals surface area contributed by atoms with Crippen molar-refractivity contribution in [1.82, 2.24) is 4.90 Å². The van der Waals surface area contributed by atoms with E-state index in [1.165, 1.54) is 19.3 Å². The number of rotatable bonds is 2. The van der Waals surface area contributed by atoms with E-state index in [0.717, 1.165) is 38.8 Å². The van der Waals surface area contributed by atoms with Crippen molar-refractivity contribution < 1.29 is 9.53 Å². The van der Waals surface area contributed by atoms with E-state index >= 15 is 0 Å². The minimum absolute atomic E-state index is 0. The van der Waals surface area contributed by atoms with E-state index in [-0.39, 0.29) is 30.4 Å². The largest absolute Gasteiger partial charge is 0.461 e. The van der Waals surface area contributed by atoms with Crippen LogP contribution >= 0.6 is 12.4 Å². The number of hydrogen-bond donors (Lipinski definition) is 0. The number of esters is 1. The molecule has 0 aromatic rings. The first-order valence-electron chi connectivity index (χ1n) is 6.65. The number of piperidine rings is 1. The Bertz CT molecular complexity index is 242. The fourth-order valence-electron chi connectivity index (χ4n) is 2.81. The molecule has 1 aliphatic heterocycles. The van der Waals surface area contributed by atoms with Gasteiger partial charge >= 0.3 is 5.97 Å². The Balaban J connectivity index is 0.00000144. The van der Waals surface area contributed by atoms with E-state index in [2.05, 4.69) is 11.9 Å². The minimum atomic E-state index is 0. The number of carbonyl (C=O) groups excluding carboxylic acids is 1. The average molecular weight is 262 g/mol. The maximum Gasteiger partial charge on any atom is 0.309 e. The van der Waals surface area contributed by atoms with Crippen LogP contribution in [0.1, 0.15) is 44.9 Å². The molecule has 0 amide bonds. The Morgan fingerprint density at radius 3 is 2.47 bits per heavy atom. The average Bonchev–Trinajstić information content (AvgIpc) is 2.30. The first-order valence-corrected chi connectivity index (χ1v) is 6.65. The molecule has 0 radical (unpaired) electrons. The molecule has 2 rings (SSSR count). The van der Waals surface area contributed by atoms with Crippen LogP contribution < -0.4 is 0 Å². The van der Waals surface area contributed by atoms with Crippen LogP contribution in [0.4, 0.5) is 0 Å². The molecule has 0 bridgehead atoms. The molecular formula is C13H24ClNO2. The highest BCUT2D eigenvalue weighted by Gasteiger charge is 2.26. The molecule has 0 aromatic carbocycles. The monoisotopic (exact) mass is 261 g/mol. The molecule has 2 aliphatic rings. The van der Waals surface area contributed by atoms with Gasteiger partial charge < -0.3 is 9.64 Å². The molecule has 0 spiro atoms. The van der Waals surface area contributed by atoms with E-state index in [0.29, 0.717) is 0 Å². The molecule has 1 unspecified atom stereocenters. The summed E-state index contributed by atoms with van der Waals surface area (Å²) in [5.74, 6) is 0.265. The summed E-state index contributed by atoms with van der Waals surface area (Å²) in [4.78, 5) is 14.2. The number of nitrogens with zero attached hydrogens (tertiary/aromatic N) is 1. The lowest BCUT2D eigenvalue weighted by molar-refractivity contribution is -0.157. The van der Waals surface area contributed by atoms with Crippen LogP contribution in [0.15, 0.2) is 0 Å². The highest BCUT2D eigenvalue weighted by Crippen LogP contribution is 2.25. The molecule has 1 heterocycles. The van der Waals surface area contributed by atoms with Gasteiger partial charge in [0, 0.05) is 6.54 Å². The van der Waals surface area contributed by atoms with Gasteiger partial charge in [0.15, 0.2) is 0 Å². The lowest BCUT2D eigenvalue weighted by Gasteiger charge is -2.31. The highest BCUT2D eigenvalue weighted by atomic mass is 35.5. The summed E-state index contributed by atoms with van der Waals surface area (Å²) in [6, 6.07) is 0. The first-order chi connectivity index (χ1) is 7.75. The van der Waals surface area contributed by atoms with Gasteiger partial charge in [-0.2, -0.15) is 0 Å². The van der Waals surface area contributed by atoms with Gasteiger partial charge in [-0.05, 0) is 39.3 Å². The van der Waals surface area contributed by atoms with Gasteiger partial charge in [0.2, 0.25) is 0 Å². The Morgan fingerprint density at radius 1 is 1.12 bits per heavy atom. The third-order valence-electron chi connectivity index (χ3n) is 3.80. The number of likely N-dealkylation sites (tertiary alicyclic amines) is 1. The molecular weight excluding hydrogens is 238 g/mol. The molecule has 100 valence electrons. The molecule has 4 heteroatoms. The zero-order valence-corrected chi connectivity index (χ0v) is 11.5. The Morgan fingerprint density at radius 2 is 1.82 bits per heavy atom. The number of carbonyl (C=O) groups is 1. The predicted octanol–water partition coefficient (Wildman–Crippen LogP) is 2.63. The second-order valence-electron chi connectivity index (χ2n) is 5.30. The summed E-state index contributed by atoms with van der Waals surface area (Å²) in [6.07, 6.45) is 8.11. The summed E-state index contributed by atoms with van der Waals surface area (Å²) in [6.45, 7) is 2.05. The molecule has 1 aliphatic carbocycles. The summed E-state index contributed by atoms with van der Waals surface area (Å²) in [5, 5.41) is 0. The summed E-state index contributed by atoms with van der Waals surface area (Å²) >= 11 is 0. The molecule has 1 atom stereocenters. The maximum absolute atomic E-state index is 11.9. The normalized spacial score (nSPS) is 27.2. The van der Waals surface area contributed by atoms with E-state index in [1.807, 2.05) is 0 Å². The zero-order chi connectivity index (χ0) is 11.4. The van der Waals surface area contributed by atoms with E-state index in [4.69, 9.17) is 4.74 Å². The van der Waals surface area contributed by atoms with Gasteiger partial charge in [-0.15, -0.1) is 12.4 Å². The highest BCUT2D eigenvalue weighted by molar-refractivity contribution is 5.85. The van der Waals surface area contributed by atoms with Crippen LogP contribution in [0.3, 0.4) is 0 Å². The molecule has 2 fully saturated rings. The zero-order valence-electron chi connectivity index (χ0n) is 10.7. The molecule has 3 nitrogen and oxygen atoms in total. The molecule has 1 saturated heterocycles. The Hall–Kier alpha value is -0.280. The van der Waals surface area contributed by atoms with Gasteiger partial charge in [-0.25, -0.2) is 0 Å². The third-order valence-corrected chi connectivity index (χ3v) is 3.80. The van der Waals surface area contributed by atoms with Crippen molar-refractivity contribution in [2.45, 2.75) is 51.0 Å². The molecule has 1 saturated carbocycles. The van der Waals surface area contributed by atoms with Crippen LogP contribution in [0.25, 0.3) is 0 Å². The molecule has 0 aromatic heterocycles. The Kier molecular flexibility index (Phi) is 6.28. The van der Waals surface area contributed by atoms with Gasteiger partial charge in [0.05, 0.1) is 5.92 Å². The lowest BCUT2D eigenvalue weighted by Crippen LogP contribution is -2.39. The topological polar surface area (TPSA) is 29.5 Å². The smallest absolute Gasteiger partial charge is 0.309 e. The van der Waals surface area contributed by atoms with Crippen molar-refractivity contribution in [3.63, 3.8) is 0 Å². The van der Waals surface area contributed by atoms with Crippen molar-refractivity contribution >= 4 is 18.4 Å². The minimum Gasteiger partial charge on any atom is -0.461 e. The molecule has 17 heavy (non-hydrogen) atoms. The quantitative estimate of drug-likeness (QED) is 0.716. The summed E-state index contributed by atoms with van der Waals surface area (Å²) in [5.41, 5.74) is 0. The second kappa shape index (κ2) is 7.22. The summed E-state index contributed by atoms with van der Waals surface area (Å²) in [7, 11) is 2.10.